The molecule has 1 aromatic carbocycles. The van der Waals surface area contributed by atoms with Gasteiger partial charge in [-0.15, -0.1) is 5.10 Å². The monoisotopic (exact) mass is 357 g/mol. The third kappa shape index (κ3) is 4.03. The molecule has 1 saturated carbocycles. The summed E-state index contributed by atoms with van der Waals surface area (Å²) in [6, 6.07) is 6.39. The molecule has 4 rings (SSSR count). The standard InChI is InChI=1S/C19H24FN5O/c20-17-6-2-1-5-16(17)10-21-19(26)24-9-3-4-14(11-24)12-25-13-18(22-23-25)15-7-8-15/h1-2,5-6,13-15H,3-4,7-12H2,(H,21,26)/t14-/m1/s1. The third-order valence-electron chi connectivity index (χ3n) is 5.19. The molecule has 1 saturated heterocycles. The van der Waals surface area contributed by atoms with Gasteiger partial charge in [0, 0.05) is 43.9 Å². The number of nitrogens with one attached hydrogen (secondary N) is 1. The maximum atomic E-state index is 13.7. The minimum absolute atomic E-state index is 0.129. The molecule has 1 N–H and O–H groups in total. The number of halogens is 1. The molecule has 1 aliphatic carbocycles. The molecule has 1 aromatic heterocycles. The first kappa shape index (κ1) is 17.0. The lowest BCUT2D eigenvalue weighted by Crippen LogP contribution is -2.46. The first-order chi connectivity index (χ1) is 12.7. The average molecular weight is 357 g/mol. The Labute approximate surface area is 152 Å². The van der Waals surface area contributed by atoms with E-state index in [1.54, 1.807) is 18.2 Å². The molecule has 0 radical (unpaired) electrons. The Hall–Kier alpha value is -2.44. The number of aromatic nitrogens is 3. The van der Waals surface area contributed by atoms with Crippen LogP contribution < -0.4 is 5.32 Å². The molecule has 2 amide bonds. The lowest BCUT2D eigenvalue weighted by atomic mass is 9.98. The summed E-state index contributed by atoms with van der Waals surface area (Å²) in [6.45, 7) is 2.43. The van der Waals surface area contributed by atoms with Crippen molar-refractivity contribution in [1.82, 2.24) is 25.2 Å². The van der Waals surface area contributed by atoms with Crippen LogP contribution in [0.15, 0.2) is 30.5 Å². The number of carbonyl (C=O) groups excluding carboxylic acids is 1. The SMILES string of the molecule is O=C(NCc1ccccc1F)N1CCC[C@@H](Cn2cc(C3CC3)nn2)C1. The lowest BCUT2D eigenvalue weighted by Gasteiger charge is -2.32. The smallest absolute Gasteiger partial charge is 0.317 e. The van der Waals surface area contributed by atoms with Gasteiger partial charge in [0.25, 0.3) is 0 Å². The summed E-state index contributed by atoms with van der Waals surface area (Å²) in [5, 5.41) is 11.3. The van der Waals surface area contributed by atoms with Gasteiger partial charge in [-0.1, -0.05) is 23.4 Å². The van der Waals surface area contributed by atoms with Crippen LogP contribution in [0, 0.1) is 11.7 Å². The molecule has 2 fully saturated rings. The fraction of sp³-hybridized carbons (Fsp3) is 0.526. The second kappa shape index (κ2) is 7.43. The van der Waals surface area contributed by atoms with E-state index in [1.807, 2.05) is 9.58 Å². The van der Waals surface area contributed by atoms with Crippen LogP contribution in [0.5, 0.6) is 0 Å². The van der Waals surface area contributed by atoms with Gasteiger partial charge in [0.2, 0.25) is 0 Å². The van der Waals surface area contributed by atoms with E-state index in [4.69, 9.17) is 0 Å². The number of urea groups is 1. The highest BCUT2D eigenvalue weighted by molar-refractivity contribution is 5.74. The van der Waals surface area contributed by atoms with Crippen LogP contribution in [0.3, 0.4) is 0 Å². The number of rotatable bonds is 5. The molecule has 1 atom stereocenters. The van der Waals surface area contributed by atoms with Crippen LogP contribution >= 0.6 is 0 Å². The molecule has 6 nitrogen and oxygen atoms in total. The van der Waals surface area contributed by atoms with E-state index in [0.717, 1.165) is 31.6 Å². The van der Waals surface area contributed by atoms with Gasteiger partial charge in [0.15, 0.2) is 0 Å². The molecule has 0 spiro atoms. The van der Waals surface area contributed by atoms with E-state index in [9.17, 15) is 9.18 Å². The minimum atomic E-state index is -0.290. The minimum Gasteiger partial charge on any atom is -0.334 e. The molecule has 1 aliphatic heterocycles. The van der Waals surface area contributed by atoms with Crippen LogP contribution in [-0.4, -0.2) is 39.0 Å². The summed E-state index contributed by atoms with van der Waals surface area (Å²) < 4.78 is 15.6. The third-order valence-corrected chi connectivity index (χ3v) is 5.19. The summed E-state index contributed by atoms with van der Waals surface area (Å²) in [7, 11) is 0. The maximum Gasteiger partial charge on any atom is 0.317 e. The quantitative estimate of drug-likeness (QED) is 0.895. The summed E-state index contributed by atoms with van der Waals surface area (Å²) in [5.41, 5.74) is 1.60. The van der Waals surface area contributed by atoms with Crippen molar-refractivity contribution in [2.24, 2.45) is 5.92 Å². The Kier molecular flexibility index (Phi) is 4.86. The van der Waals surface area contributed by atoms with Crippen LogP contribution in [0.4, 0.5) is 9.18 Å². The molecule has 138 valence electrons. The topological polar surface area (TPSA) is 63.1 Å². The van der Waals surface area contributed by atoms with Crippen molar-refractivity contribution < 1.29 is 9.18 Å². The van der Waals surface area contributed by atoms with Crippen LogP contribution in [0.25, 0.3) is 0 Å². The number of hydrogen-bond acceptors (Lipinski definition) is 3. The van der Waals surface area contributed by atoms with Gasteiger partial charge < -0.3 is 10.2 Å². The van der Waals surface area contributed by atoms with Crippen molar-refractivity contribution in [2.75, 3.05) is 13.1 Å². The van der Waals surface area contributed by atoms with E-state index in [0.29, 0.717) is 23.9 Å². The Morgan fingerprint density at radius 3 is 2.92 bits per heavy atom. The zero-order valence-electron chi connectivity index (χ0n) is 14.8. The Morgan fingerprint density at radius 2 is 2.12 bits per heavy atom. The summed E-state index contributed by atoms with van der Waals surface area (Å²) in [4.78, 5) is 14.3. The number of carbonyl (C=O) groups is 1. The zero-order chi connectivity index (χ0) is 17.9. The van der Waals surface area contributed by atoms with Crippen LogP contribution in [0.1, 0.15) is 42.9 Å². The largest absolute Gasteiger partial charge is 0.334 e. The van der Waals surface area contributed by atoms with E-state index in [1.165, 1.54) is 18.9 Å². The zero-order valence-corrected chi connectivity index (χ0v) is 14.8. The molecule has 2 heterocycles. The van der Waals surface area contributed by atoms with Crippen molar-refractivity contribution in [3.8, 4) is 0 Å². The van der Waals surface area contributed by atoms with Crippen molar-refractivity contribution >= 4 is 6.03 Å². The van der Waals surface area contributed by atoms with E-state index >= 15 is 0 Å². The van der Waals surface area contributed by atoms with Gasteiger partial charge in [-0.25, -0.2) is 9.18 Å². The van der Waals surface area contributed by atoms with Gasteiger partial charge in [-0.2, -0.15) is 0 Å². The summed E-state index contributed by atoms with van der Waals surface area (Å²) >= 11 is 0. The van der Waals surface area contributed by atoms with E-state index < -0.39 is 0 Å². The lowest BCUT2D eigenvalue weighted by molar-refractivity contribution is 0.157. The maximum absolute atomic E-state index is 13.7. The van der Waals surface area contributed by atoms with Crippen molar-refractivity contribution in [3.05, 3.63) is 47.5 Å². The Bertz CT molecular complexity index is 773. The molecular formula is C19H24FN5O. The second-order valence-corrected chi connectivity index (χ2v) is 7.34. The summed E-state index contributed by atoms with van der Waals surface area (Å²) in [5.74, 6) is 0.689. The highest BCUT2D eigenvalue weighted by Gasteiger charge is 2.28. The molecule has 26 heavy (non-hydrogen) atoms. The highest BCUT2D eigenvalue weighted by atomic mass is 19.1. The molecule has 2 aliphatic rings. The van der Waals surface area contributed by atoms with Gasteiger partial charge in [-0.05, 0) is 37.7 Å². The highest BCUT2D eigenvalue weighted by Crippen LogP contribution is 2.38. The first-order valence-electron chi connectivity index (χ1n) is 9.35. The predicted octanol–water partition coefficient (Wildman–Crippen LogP) is 2.92. The van der Waals surface area contributed by atoms with Gasteiger partial charge in [0.05, 0.1) is 5.69 Å². The molecular weight excluding hydrogens is 333 g/mol. The molecule has 0 unspecified atom stereocenters. The second-order valence-electron chi connectivity index (χ2n) is 7.34. The van der Waals surface area contributed by atoms with E-state index in [-0.39, 0.29) is 18.4 Å². The fourth-order valence-corrected chi connectivity index (χ4v) is 3.56. The number of nitrogens with zero attached hydrogens (tertiary/aromatic N) is 4. The summed E-state index contributed by atoms with van der Waals surface area (Å²) in [6.07, 6.45) is 6.54. The number of hydrogen-bond donors (Lipinski definition) is 1. The van der Waals surface area contributed by atoms with Crippen LogP contribution in [0.2, 0.25) is 0 Å². The van der Waals surface area contributed by atoms with Crippen molar-refractivity contribution in [3.63, 3.8) is 0 Å². The van der Waals surface area contributed by atoms with Gasteiger partial charge in [-0.3, -0.25) is 4.68 Å². The van der Waals surface area contributed by atoms with Crippen molar-refractivity contribution in [1.29, 1.82) is 0 Å². The molecule has 0 bridgehead atoms. The average Bonchev–Trinajstić information content (AvgIpc) is 3.41. The molecule has 7 heteroatoms. The number of piperidine rings is 1. The Balaban J connectivity index is 1.29. The van der Waals surface area contributed by atoms with Gasteiger partial charge in [0.1, 0.15) is 5.82 Å². The van der Waals surface area contributed by atoms with Crippen LogP contribution in [-0.2, 0) is 13.1 Å². The molecule has 2 aromatic rings. The predicted molar refractivity (Wildman–Crippen MR) is 94.9 cm³/mol. The number of benzene rings is 1. The number of likely N-dealkylation sites (tertiary alicyclic amines) is 1. The fourth-order valence-electron chi connectivity index (χ4n) is 3.56. The number of amides is 2. The Morgan fingerprint density at radius 1 is 1.27 bits per heavy atom. The first-order valence-corrected chi connectivity index (χ1v) is 9.35. The van der Waals surface area contributed by atoms with Gasteiger partial charge >= 0.3 is 6.03 Å². The van der Waals surface area contributed by atoms with E-state index in [2.05, 4.69) is 21.8 Å². The van der Waals surface area contributed by atoms with Crippen molar-refractivity contribution in [2.45, 2.75) is 44.7 Å². The normalized spacial score (nSPS) is 20.2.